The highest BCUT2D eigenvalue weighted by atomic mass is 35.5. The number of nitrogens with zero attached hydrogens (tertiary/aromatic N) is 1. The summed E-state index contributed by atoms with van der Waals surface area (Å²) in [4.78, 5) is 14.4. The highest BCUT2D eigenvalue weighted by Gasteiger charge is 2.40. The molecule has 0 aromatic heterocycles. The molecule has 6 heteroatoms. The number of carbonyl (C=O) groups excluding carboxylic acids is 1. The molecule has 3 N–H and O–H groups in total. The number of nitrogens with two attached hydrogens (primary N) is 1. The van der Waals surface area contributed by atoms with Crippen LogP contribution in [0.3, 0.4) is 0 Å². The number of thiocarbonyl (C=S) groups is 1. The minimum Gasteiger partial charge on any atom is -0.389 e. The van der Waals surface area contributed by atoms with Gasteiger partial charge in [-0.25, -0.2) is 0 Å². The van der Waals surface area contributed by atoms with Crippen LogP contribution in [0.15, 0.2) is 18.2 Å². The summed E-state index contributed by atoms with van der Waals surface area (Å²) in [5, 5.41) is 3.33. The van der Waals surface area contributed by atoms with Crippen molar-refractivity contribution >= 4 is 40.4 Å². The molecule has 1 aromatic carbocycles. The third kappa shape index (κ3) is 2.74. The van der Waals surface area contributed by atoms with Crippen LogP contribution in [-0.4, -0.2) is 31.0 Å². The SMILES string of the molecule is CNC(=O)C1(C)CCN(c2ccc(Cl)cc2C(N)=S)C1. The number of hydrogen-bond acceptors (Lipinski definition) is 3. The summed E-state index contributed by atoms with van der Waals surface area (Å²) in [6.45, 7) is 3.41. The van der Waals surface area contributed by atoms with Crippen LogP contribution in [0.5, 0.6) is 0 Å². The van der Waals surface area contributed by atoms with Gasteiger partial charge in [0.05, 0.1) is 5.41 Å². The lowest BCUT2D eigenvalue weighted by molar-refractivity contribution is -0.128. The summed E-state index contributed by atoms with van der Waals surface area (Å²) < 4.78 is 0. The van der Waals surface area contributed by atoms with E-state index in [0.29, 0.717) is 16.6 Å². The Hall–Kier alpha value is -1.33. The number of halogens is 1. The number of rotatable bonds is 3. The van der Waals surface area contributed by atoms with Gasteiger partial charge in [0.15, 0.2) is 0 Å². The van der Waals surface area contributed by atoms with Gasteiger partial charge in [-0.3, -0.25) is 4.79 Å². The Morgan fingerprint density at radius 1 is 1.55 bits per heavy atom. The van der Waals surface area contributed by atoms with Crippen molar-refractivity contribution in [2.24, 2.45) is 11.1 Å². The van der Waals surface area contributed by atoms with Gasteiger partial charge in [0.1, 0.15) is 4.99 Å². The van der Waals surface area contributed by atoms with Crippen LogP contribution in [-0.2, 0) is 4.79 Å². The van der Waals surface area contributed by atoms with Gasteiger partial charge in [0.2, 0.25) is 5.91 Å². The molecule has 108 valence electrons. The fourth-order valence-electron chi connectivity index (χ4n) is 2.64. The normalized spacial score (nSPS) is 21.9. The number of hydrogen-bond donors (Lipinski definition) is 2. The van der Waals surface area contributed by atoms with E-state index in [1.165, 1.54) is 0 Å². The first-order chi connectivity index (χ1) is 9.37. The lowest BCUT2D eigenvalue weighted by atomic mass is 9.89. The molecule has 1 aromatic rings. The third-order valence-corrected chi connectivity index (χ3v) is 4.27. The average Bonchev–Trinajstić information content (AvgIpc) is 2.81. The van der Waals surface area contributed by atoms with Gasteiger partial charge in [-0.15, -0.1) is 0 Å². The summed E-state index contributed by atoms with van der Waals surface area (Å²) in [7, 11) is 1.67. The first kappa shape index (κ1) is 15.1. The molecule has 1 fully saturated rings. The maximum atomic E-state index is 12.0. The summed E-state index contributed by atoms with van der Waals surface area (Å²) in [6, 6.07) is 5.50. The van der Waals surface area contributed by atoms with Crippen LogP contribution < -0.4 is 16.0 Å². The molecule has 1 saturated heterocycles. The van der Waals surface area contributed by atoms with Gasteiger partial charge in [-0.1, -0.05) is 23.8 Å². The van der Waals surface area contributed by atoms with Crippen LogP contribution in [0.1, 0.15) is 18.9 Å². The third-order valence-electron chi connectivity index (χ3n) is 3.81. The van der Waals surface area contributed by atoms with E-state index < -0.39 is 0 Å². The van der Waals surface area contributed by atoms with Gasteiger partial charge in [0, 0.05) is 36.4 Å². The molecule has 1 atom stereocenters. The van der Waals surface area contributed by atoms with E-state index in [-0.39, 0.29) is 11.3 Å². The molecule has 0 spiro atoms. The quantitative estimate of drug-likeness (QED) is 0.838. The van der Waals surface area contributed by atoms with E-state index in [1.807, 2.05) is 19.1 Å². The molecular formula is C14H18ClN3OS. The first-order valence-corrected chi connectivity index (χ1v) is 7.22. The first-order valence-electron chi connectivity index (χ1n) is 6.44. The monoisotopic (exact) mass is 311 g/mol. The van der Waals surface area contributed by atoms with E-state index in [2.05, 4.69) is 10.2 Å². The van der Waals surface area contributed by atoms with Crippen molar-refractivity contribution in [3.8, 4) is 0 Å². The number of amides is 1. The van der Waals surface area contributed by atoms with Crippen molar-refractivity contribution in [3.05, 3.63) is 28.8 Å². The van der Waals surface area contributed by atoms with E-state index >= 15 is 0 Å². The van der Waals surface area contributed by atoms with Crippen molar-refractivity contribution in [1.29, 1.82) is 0 Å². The number of anilines is 1. The second kappa shape index (κ2) is 5.58. The van der Waals surface area contributed by atoms with Crippen molar-refractivity contribution in [1.82, 2.24) is 5.32 Å². The van der Waals surface area contributed by atoms with Gasteiger partial charge in [-0.2, -0.15) is 0 Å². The molecule has 1 heterocycles. The molecule has 1 aliphatic rings. The summed E-state index contributed by atoms with van der Waals surface area (Å²) in [5.74, 6) is 0.0610. The highest BCUT2D eigenvalue weighted by Crippen LogP contribution is 2.35. The number of nitrogens with one attached hydrogen (secondary N) is 1. The predicted octanol–water partition coefficient (Wildman–Crippen LogP) is 1.94. The average molecular weight is 312 g/mol. The maximum Gasteiger partial charge on any atom is 0.227 e. The zero-order chi connectivity index (χ0) is 14.9. The van der Waals surface area contributed by atoms with Crippen LogP contribution in [0.4, 0.5) is 5.69 Å². The second-order valence-electron chi connectivity index (χ2n) is 5.34. The van der Waals surface area contributed by atoms with Crippen molar-refractivity contribution in [2.75, 3.05) is 25.0 Å². The Kier molecular flexibility index (Phi) is 4.20. The van der Waals surface area contributed by atoms with Crippen LogP contribution >= 0.6 is 23.8 Å². The topological polar surface area (TPSA) is 58.4 Å². The lowest BCUT2D eigenvalue weighted by Gasteiger charge is -2.25. The molecule has 1 amide bonds. The molecule has 1 unspecified atom stereocenters. The molecule has 1 aliphatic heterocycles. The van der Waals surface area contributed by atoms with Crippen LogP contribution in [0.25, 0.3) is 0 Å². The molecule has 20 heavy (non-hydrogen) atoms. The van der Waals surface area contributed by atoms with Crippen molar-refractivity contribution < 1.29 is 4.79 Å². The molecule has 0 aliphatic carbocycles. The molecule has 0 radical (unpaired) electrons. The van der Waals surface area contributed by atoms with Gasteiger partial charge in [-0.05, 0) is 31.5 Å². The lowest BCUT2D eigenvalue weighted by Crippen LogP contribution is -2.39. The predicted molar refractivity (Wildman–Crippen MR) is 86.3 cm³/mol. The van der Waals surface area contributed by atoms with Crippen LogP contribution in [0.2, 0.25) is 5.02 Å². The zero-order valence-electron chi connectivity index (χ0n) is 11.6. The highest BCUT2D eigenvalue weighted by molar-refractivity contribution is 7.80. The minimum atomic E-state index is -0.387. The molecule has 0 saturated carbocycles. The maximum absolute atomic E-state index is 12.0. The smallest absolute Gasteiger partial charge is 0.227 e. The number of benzene rings is 1. The standard InChI is InChI=1S/C14H18ClN3OS/c1-14(13(19)17-2)5-6-18(8-14)11-4-3-9(15)7-10(11)12(16)20/h3-4,7H,5-6,8H2,1-2H3,(H2,16,20)(H,17,19). The molecule has 4 nitrogen and oxygen atoms in total. The Bertz CT molecular complexity index is 563. The largest absolute Gasteiger partial charge is 0.389 e. The van der Waals surface area contributed by atoms with Gasteiger partial charge in [0.25, 0.3) is 0 Å². The van der Waals surface area contributed by atoms with E-state index in [9.17, 15) is 4.79 Å². The van der Waals surface area contributed by atoms with E-state index in [0.717, 1.165) is 24.2 Å². The van der Waals surface area contributed by atoms with E-state index in [1.54, 1.807) is 13.1 Å². The number of carbonyl (C=O) groups is 1. The summed E-state index contributed by atoms with van der Waals surface area (Å²) >= 11 is 11.1. The van der Waals surface area contributed by atoms with Crippen LogP contribution in [0, 0.1) is 5.41 Å². The molecular weight excluding hydrogens is 294 g/mol. The zero-order valence-corrected chi connectivity index (χ0v) is 13.1. The Labute approximate surface area is 129 Å². The van der Waals surface area contributed by atoms with Crippen molar-refractivity contribution in [3.63, 3.8) is 0 Å². The molecule has 0 bridgehead atoms. The Morgan fingerprint density at radius 3 is 2.85 bits per heavy atom. The fraction of sp³-hybridized carbons (Fsp3) is 0.429. The summed E-state index contributed by atoms with van der Waals surface area (Å²) in [5.41, 5.74) is 7.08. The Morgan fingerprint density at radius 2 is 2.25 bits per heavy atom. The second-order valence-corrected chi connectivity index (χ2v) is 6.21. The van der Waals surface area contributed by atoms with Crippen molar-refractivity contribution in [2.45, 2.75) is 13.3 Å². The van der Waals surface area contributed by atoms with Gasteiger partial charge >= 0.3 is 0 Å². The minimum absolute atomic E-state index is 0.0610. The Balaban J connectivity index is 2.31. The van der Waals surface area contributed by atoms with Gasteiger partial charge < -0.3 is 16.0 Å². The molecule has 2 rings (SSSR count). The fourth-order valence-corrected chi connectivity index (χ4v) is 2.97. The van der Waals surface area contributed by atoms with E-state index in [4.69, 9.17) is 29.6 Å². The summed E-state index contributed by atoms with van der Waals surface area (Å²) in [6.07, 6.45) is 0.798.